The number of rotatable bonds is 2. The van der Waals surface area contributed by atoms with E-state index in [2.05, 4.69) is 9.72 Å². The lowest BCUT2D eigenvalue weighted by Gasteiger charge is -2.06. The van der Waals surface area contributed by atoms with Crippen LogP contribution in [0.1, 0.15) is 10.5 Å². The normalized spacial score (nSPS) is 10.3. The van der Waals surface area contributed by atoms with Gasteiger partial charge in [0, 0.05) is 15.6 Å². The third kappa shape index (κ3) is 3.03. The van der Waals surface area contributed by atoms with Crippen LogP contribution in [0.5, 0.6) is 0 Å². The highest BCUT2D eigenvalue weighted by Gasteiger charge is 2.14. The van der Waals surface area contributed by atoms with Crippen molar-refractivity contribution in [3.8, 4) is 11.3 Å². The summed E-state index contributed by atoms with van der Waals surface area (Å²) in [4.78, 5) is 15.3. The fraction of sp³-hybridized carbons (Fsp3) is 0.0769. The summed E-state index contributed by atoms with van der Waals surface area (Å²) in [6.07, 6.45) is 0. The zero-order chi connectivity index (χ0) is 14.0. The van der Waals surface area contributed by atoms with Crippen molar-refractivity contribution in [2.75, 3.05) is 7.11 Å². The number of hydrogen-bond donors (Lipinski definition) is 0. The SMILES string of the molecule is COC(=O)c1ccc(F)c(-c2cc(Cl)cc(Cl)c2)n1. The summed E-state index contributed by atoms with van der Waals surface area (Å²) in [6.45, 7) is 0. The highest BCUT2D eigenvalue weighted by molar-refractivity contribution is 6.35. The van der Waals surface area contributed by atoms with Gasteiger partial charge in [-0.05, 0) is 30.3 Å². The second-order valence-electron chi connectivity index (χ2n) is 3.68. The molecule has 1 heterocycles. The third-order valence-electron chi connectivity index (χ3n) is 2.38. The van der Waals surface area contributed by atoms with Gasteiger partial charge in [0.15, 0.2) is 0 Å². The highest BCUT2D eigenvalue weighted by Crippen LogP contribution is 2.28. The molecule has 0 fully saturated rings. The first-order valence-corrected chi connectivity index (χ1v) is 5.98. The maximum Gasteiger partial charge on any atom is 0.356 e. The molecule has 19 heavy (non-hydrogen) atoms. The summed E-state index contributed by atoms with van der Waals surface area (Å²) in [5.74, 6) is -1.22. The minimum Gasteiger partial charge on any atom is -0.464 e. The summed E-state index contributed by atoms with van der Waals surface area (Å²) in [5, 5.41) is 0.708. The van der Waals surface area contributed by atoms with Crippen molar-refractivity contribution >= 4 is 29.2 Å². The predicted molar refractivity (Wildman–Crippen MR) is 71.0 cm³/mol. The summed E-state index contributed by atoms with van der Waals surface area (Å²) in [6, 6.07) is 6.94. The Morgan fingerprint density at radius 1 is 1.21 bits per heavy atom. The maximum absolute atomic E-state index is 13.8. The molecule has 0 unspecified atom stereocenters. The second-order valence-corrected chi connectivity index (χ2v) is 4.55. The molecule has 0 N–H and O–H groups in total. The molecule has 0 atom stereocenters. The molecule has 0 aliphatic heterocycles. The molecule has 0 amide bonds. The summed E-state index contributed by atoms with van der Waals surface area (Å²) in [5.41, 5.74) is 0.392. The molecule has 2 aromatic rings. The summed E-state index contributed by atoms with van der Waals surface area (Å²) in [7, 11) is 1.23. The number of carbonyl (C=O) groups is 1. The fourth-order valence-electron chi connectivity index (χ4n) is 1.55. The van der Waals surface area contributed by atoms with E-state index in [9.17, 15) is 9.18 Å². The van der Waals surface area contributed by atoms with Crippen molar-refractivity contribution < 1.29 is 13.9 Å². The summed E-state index contributed by atoms with van der Waals surface area (Å²) >= 11 is 11.7. The van der Waals surface area contributed by atoms with E-state index < -0.39 is 11.8 Å². The standard InChI is InChI=1S/C13H8Cl2FNO2/c1-19-13(18)11-3-2-10(16)12(17-11)7-4-8(14)6-9(15)5-7/h2-6H,1H3. The Morgan fingerprint density at radius 2 is 1.84 bits per heavy atom. The Balaban J connectivity index is 2.57. The lowest BCUT2D eigenvalue weighted by atomic mass is 10.1. The van der Waals surface area contributed by atoms with Crippen LogP contribution < -0.4 is 0 Å². The van der Waals surface area contributed by atoms with Crippen LogP contribution in [0, 0.1) is 5.82 Å². The highest BCUT2D eigenvalue weighted by atomic mass is 35.5. The average molecular weight is 300 g/mol. The number of ether oxygens (including phenoxy) is 1. The molecule has 6 heteroatoms. The molecule has 0 saturated heterocycles. The molecule has 0 aliphatic rings. The van der Waals surface area contributed by atoms with Gasteiger partial charge in [0.1, 0.15) is 17.2 Å². The van der Waals surface area contributed by atoms with Crippen molar-refractivity contribution in [2.45, 2.75) is 0 Å². The van der Waals surface area contributed by atoms with Crippen LogP contribution in [-0.4, -0.2) is 18.1 Å². The number of aromatic nitrogens is 1. The van der Waals surface area contributed by atoms with E-state index in [-0.39, 0.29) is 11.4 Å². The first kappa shape index (κ1) is 13.8. The molecule has 0 saturated carbocycles. The molecule has 0 radical (unpaired) electrons. The smallest absolute Gasteiger partial charge is 0.356 e. The van der Waals surface area contributed by atoms with E-state index in [0.29, 0.717) is 15.6 Å². The van der Waals surface area contributed by atoms with E-state index in [1.807, 2.05) is 0 Å². The van der Waals surface area contributed by atoms with Gasteiger partial charge in [-0.2, -0.15) is 0 Å². The molecule has 2 rings (SSSR count). The Labute approximate surface area is 118 Å². The number of benzene rings is 1. The number of esters is 1. The van der Waals surface area contributed by atoms with E-state index >= 15 is 0 Å². The number of nitrogens with zero attached hydrogens (tertiary/aromatic N) is 1. The minimum absolute atomic E-state index is 0.00713. The first-order valence-electron chi connectivity index (χ1n) is 5.22. The van der Waals surface area contributed by atoms with Crippen LogP contribution in [0.25, 0.3) is 11.3 Å². The average Bonchev–Trinajstić information content (AvgIpc) is 2.37. The largest absolute Gasteiger partial charge is 0.464 e. The van der Waals surface area contributed by atoms with Gasteiger partial charge in [0.25, 0.3) is 0 Å². The molecular weight excluding hydrogens is 292 g/mol. The minimum atomic E-state index is -0.644. The van der Waals surface area contributed by atoms with Gasteiger partial charge in [0.05, 0.1) is 7.11 Å². The molecule has 1 aromatic heterocycles. The number of halogens is 3. The van der Waals surface area contributed by atoms with Crippen LogP contribution in [0.3, 0.4) is 0 Å². The Kier molecular flexibility index (Phi) is 4.02. The van der Waals surface area contributed by atoms with Gasteiger partial charge >= 0.3 is 5.97 Å². The Bertz CT molecular complexity index is 626. The fourth-order valence-corrected chi connectivity index (χ4v) is 2.08. The van der Waals surface area contributed by atoms with E-state index in [0.717, 1.165) is 6.07 Å². The second kappa shape index (κ2) is 5.55. The number of carbonyl (C=O) groups excluding carboxylic acids is 1. The zero-order valence-electron chi connectivity index (χ0n) is 9.78. The number of hydrogen-bond acceptors (Lipinski definition) is 3. The van der Waals surface area contributed by atoms with E-state index in [1.54, 1.807) is 0 Å². The van der Waals surface area contributed by atoms with Gasteiger partial charge in [-0.15, -0.1) is 0 Å². The van der Waals surface area contributed by atoms with Crippen LogP contribution in [0.2, 0.25) is 10.0 Å². The topological polar surface area (TPSA) is 39.2 Å². The summed E-state index contributed by atoms with van der Waals surface area (Å²) < 4.78 is 18.3. The van der Waals surface area contributed by atoms with Crippen molar-refractivity contribution in [1.82, 2.24) is 4.98 Å². The predicted octanol–water partition coefficient (Wildman–Crippen LogP) is 3.98. The van der Waals surface area contributed by atoms with E-state index in [1.165, 1.54) is 31.4 Å². The molecule has 0 aliphatic carbocycles. The van der Waals surface area contributed by atoms with Crippen molar-refractivity contribution in [3.63, 3.8) is 0 Å². The molecule has 3 nitrogen and oxygen atoms in total. The molecular formula is C13H8Cl2FNO2. The van der Waals surface area contributed by atoms with Gasteiger partial charge in [-0.25, -0.2) is 14.2 Å². The Morgan fingerprint density at radius 3 is 2.42 bits per heavy atom. The molecule has 1 aromatic carbocycles. The number of methoxy groups -OCH3 is 1. The lowest BCUT2D eigenvalue weighted by molar-refractivity contribution is 0.0594. The molecule has 0 spiro atoms. The number of pyridine rings is 1. The van der Waals surface area contributed by atoms with Crippen LogP contribution >= 0.6 is 23.2 Å². The van der Waals surface area contributed by atoms with Crippen LogP contribution in [-0.2, 0) is 4.74 Å². The first-order chi connectivity index (χ1) is 9.01. The van der Waals surface area contributed by atoms with Crippen molar-refractivity contribution in [3.05, 3.63) is 51.9 Å². The maximum atomic E-state index is 13.8. The third-order valence-corrected chi connectivity index (χ3v) is 2.81. The van der Waals surface area contributed by atoms with Gasteiger partial charge < -0.3 is 4.74 Å². The van der Waals surface area contributed by atoms with Gasteiger partial charge in [0.2, 0.25) is 0 Å². The van der Waals surface area contributed by atoms with Crippen LogP contribution in [0.15, 0.2) is 30.3 Å². The molecule has 98 valence electrons. The quantitative estimate of drug-likeness (QED) is 0.787. The van der Waals surface area contributed by atoms with Crippen molar-refractivity contribution in [2.24, 2.45) is 0 Å². The van der Waals surface area contributed by atoms with Crippen molar-refractivity contribution in [1.29, 1.82) is 0 Å². The van der Waals surface area contributed by atoms with Gasteiger partial charge in [-0.3, -0.25) is 0 Å². The molecule has 0 bridgehead atoms. The monoisotopic (exact) mass is 299 g/mol. The Hall–Kier alpha value is -1.65. The van der Waals surface area contributed by atoms with E-state index in [4.69, 9.17) is 23.2 Å². The van der Waals surface area contributed by atoms with Crippen LogP contribution in [0.4, 0.5) is 4.39 Å². The van der Waals surface area contributed by atoms with Gasteiger partial charge in [-0.1, -0.05) is 23.2 Å². The zero-order valence-corrected chi connectivity index (χ0v) is 11.3. The lowest BCUT2D eigenvalue weighted by Crippen LogP contribution is -2.05.